The molecule has 0 aliphatic rings. The summed E-state index contributed by atoms with van der Waals surface area (Å²) >= 11 is 6.42. The van der Waals surface area contributed by atoms with Gasteiger partial charge in [-0.2, -0.15) is 0 Å². The van der Waals surface area contributed by atoms with Crippen LogP contribution in [-0.2, 0) is 11.3 Å². The van der Waals surface area contributed by atoms with Crippen molar-refractivity contribution >= 4 is 34.2 Å². The number of aryl methyl sites for hydroxylation is 1. The third-order valence-electron chi connectivity index (χ3n) is 4.67. The van der Waals surface area contributed by atoms with Gasteiger partial charge < -0.3 is 19.7 Å². The number of nitrogens with zero attached hydrogens (tertiary/aromatic N) is 1. The van der Waals surface area contributed by atoms with Crippen molar-refractivity contribution in [3.63, 3.8) is 0 Å². The average molecular weight is 401 g/mol. The molecule has 0 saturated heterocycles. The summed E-state index contributed by atoms with van der Waals surface area (Å²) in [7, 11) is 1.63. The van der Waals surface area contributed by atoms with E-state index in [-0.39, 0.29) is 11.7 Å². The van der Waals surface area contributed by atoms with Crippen LogP contribution in [0.15, 0.2) is 53.5 Å². The highest BCUT2D eigenvalue weighted by Gasteiger charge is 2.17. The first-order chi connectivity index (χ1) is 13.5. The lowest BCUT2D eigenvalue weighted by atomic mass is 10.1. The number of carboxylic acid groups (broad SMARTS) is 1. The maximum Gasteiger partial charge on any atom is 0.341 e. The van der Waals surface area contributed by atoms with E-state index in [1.807, 2.05) is 37.3 Å². The molecule has 1 aromatic heterocycles. The van der Waals surface area contributed by atoms with Crippen molar-refractivity contribution in [1.82, 2.24) is 4.57 Å². The molecule has 0 radical (unpaired) electrons. The fourth-order valence-electron chi connectivity index (χ4n) is 3.17. The number of anilines is 1. The van der Waals surface area contributed by atoms with Crippen molar-refractivity contribution in [2.24, 2.45) is 0 Å². The molecule has 0 bridgehead atoms. The van der Waals surface area contributed by atoms with Crippen LogP contribution < -0.4 is 10.7 Å². The first-order valence-electron chi connectivity index (χ1n) is 8.87. The summed E-state index contributed by atoms with van der Waals surface area (Å²) in [6, 6.07) is 13.0. The molecule has 3 aromatic rings. The number of methoxy groups -OCH3 is 1. The lowest BCUT2D eigenvalue weighted by molar-refractivity contribution is 0.0695. The Morgan fingerprint density at radius 3 is 2.61 bits per heavy atom. The fraction of sp³-hybridized carbons (Fsp3) is 0.238. The predicted octanol–water partition coefficient (Wildman–Crippen LogP) is 4.17. The number of pyridine rings is 1. The van der Waals surface area contributed by atoms with Gasteiger partial charge in [-0.1, -0.05) is 41.9 Å². The van der Waals surface area contributed by atoms with Gasteiger partial charge in [0.15, 0.2) is 0 Å². The number of fused-ring (bicyclic) bond motifs is 1. The molecule has 1 heterocycles. The molecular formula is C21H21ClN2O4. The van der Waals surface area contributed by atoms with E-state index in [4.69, 9.17) is 16.3 Å². The third-order valence-corrected chi connectivity index (χ3v) is 4.99. The van der Waals surface area contributed by atoms with Crippen LogP contribution in [0.4, 0.5) is 5.69 Å². The molecule has 2 aromatic carbocycles. The van der Waals surface area contributed by atoms with E-state index in [0.29, 0.717) is 34.7 Å². The number of aromatic carboxylic acids is 1. The highest BCUT2D eigenvalue weighted by Crippen LogP contribution is 2.28. The van der Waals surface area contributed by atoms with Crippen molar-refractivity contribution in [2.45, 2.75) is 19.6 Å². The summed E-state index contributed by atoms with van der Waals surface area (Å²) < 4.78 is 7.25. The monoisotopic (exact) mass is 400 g/mol. The second kappa shape index (κ2) is 8.46. The van der Waals surface area contributed by atoms with Crippen LogP contribution in [-0.4, -0.2) is 29.3 Å². The summed E-state index contributed by atoms with van der Waals surface area (Å²) in [5, 5.41) is 13.3. The molecule has 146 valence electrons. The number of benzene rings is 2. The van der Waals surface area contributed by atoms with Crippen LogP contribution >= 0.6 is 11.6 Å². The summed E-state index contributed by atoms with van der Waals surface area (Å²) in [5.74, 6) is -1.25. The van der Waals surface area contributed by atoms with Gasteiger partial charge in [-0.25, -0.2) is 4.79 Å². The van der Waals surface area contributed by atoms with E-state index in [1.165, 1.54) is 6.20 Å². The molecule has 2 N–H and O–H groups in total. The topological polar surface area (TPSA) is 80.6 Å². The van der Waals surface area contributed by atoms with E-state index in [9.17, 15) is 14.7 Å². The van der Waals surface area contributed by atoms with Crippen molar-refractivity contribution < 1.29 is 14.6 Å². The molecular weight excluding hydrogens is 380 g/mol. The zero-order valence-corrected chi connectivity index (χ0v) is 16.4. The quantitative estimate of drug-likeness (QED) is 0.622. The Hall–Kier alpha value is -2.83. The minimum Gasteiger partial charge on any atom is -0.477 e. The molecule has 6 nitrogen and oxygen atoms in total. The number of rotatable bonds is 7. The van der Waals surface area contributed by atoms with E-state index in [2.05, 4.69) is 5.32 Å². The predicted molar refractivity (Wildman–Crippen MR) is 111 cm³/mol. The molecule has 3 rings (SSSR count). The fourth-order valence-corrected chi connectivity index (χ4v) is 3.39. The van der Waals surface area contributed by atoms with Gasteiger partial charge in [-0.15, -0.1) is 0 Å². The number of carbonyl (C=O) groups is 1. The van der Waals surface area contributed by atoms with Gasteiger partial charge in [-0.05, 0) is 24.6 Å². The maximum atomic E-state index is 12.6. The zero-order valence-electron chi connectivity index (χ0n) is 15.6. The number of halogens is 1. The number of aromatic nitrogens is 1. The molecule has 0 aliphatic carbocycles. The Labute approximate surface area is 167 Å². The highest BCUT2D eigenvalue weighted by molar-refractivity contribution is 6.34. The third kappa shape index (κ3) is 3.88. The van der Waals surface area contributed by atoms with Crippen LogP contribution in [0.1, 0.15) is 28.9 Å². The Morgan fingerprint density at radius 1 is 1.29 bits per heavy atom. The molecule has 1 unspecified atom stereocenters. The Morgan fingerprint density at radius 2 is 2.00 bits per heavy atom. The molecule has 1 atom stereocenters. The van der Waals surface area contributed by atoms with Crippen molar-refractivity contribution in [1.29, 1.82) is 0 Å². The highest BCUT2D eigenvalue weighted by atomic mass is 35.5. The number of hydrogen-bond donors (Lipinski definition) is 2. The van der Waals surface area contributed by atoms with Gasteiger partial charge in [0.2, 0.25) is 5.43 Å². The lowest BCUT2D eigenvalue weighted by Crippen LogP contribution is -2.19. The van der Waals surface area contributed by atoms with Gasteiger partial charge in [-0.3, -0.25) is 4.79 Å². The minimum absolute atomic E-state index is 0.203. The molecule has 0 aliphatic heterocycles. The first-order valence-corrected chi connectivity index (χ1v) is 9.25. The molecule has 28 heavy (non-hydrogen) atoms. The number of carboxylic acids is 1. The first kappa shape index (κ1) is 19.9. The largest absolute Gasteiger partial charge is 0.477 e. The van der Waals surface area contributed by atoms with Gasteiger partial charge in [0, 0.05) is 31.8 Å². The number of hydrogen-bond acceptors (Lipinski definition) is 4. The van der Waals surface area contributed by atoms with Gasteiger partial charge >= 0.3 is 5.97 Å². The number of nitrogens with one attached hydrogen (secondary N) is 1. The summed E-state index contributed by atoms with van der Waals surface area (Å²) in [5.41, 5.74) is 1.37. The lowest BCUT2D eigenvalue weighted by Gasteiger charge is -2.19. The standard InChI is InChI=1S/C21H21ClN2O4/c1-3-24-12-15(21(26)27)20(25)14-9-17(16(22)10-18(14)24)23-11-19(28-2)13-7-5-4-6-8-13/h4-10,12,19,23H,3,11H2,1-2H3,(H,26,27). The SMILES string of the molecule is CCn1cc(C(=O)O)c(=O)c2cc(NCC(OC)c3ccccc3)c(Cl)cc21. The smallest absolute Gasteiger partial charge is 0.341 e. The van der Waals surface area contributed by atoms with Gasteiger partial charge in [0.05, 0.1) is 22.3 Å². The zero-order chi connectivity index (χ0) is 20.3. The Balaban J connectivity index is 2.00. The Bertz CT molecular complexity index is 1060. The van der Waals surface area contributed by atoms with Crippen LogP contribution in [0.2, 0.25) is 5.02 Å². The molecule has 7 heteroatoms. The second-order valence-corrected chi connectivity index (χ2v) is 6.74. The van der Waals surface area contributed by atoms with Crippen LogP contribution in [0.5, 0.6) is 0 Å². The number of ether oxygens (including phenoxy) is 1. The molecule has 0 spiro atoms. The van der Waals surface area contributed by atoms with Crippen molar-refractivity contribution in [3.05, 3.63) is 75.0 Å². The summed E-state index contributed by atoms with van der Waals surface area (Å²) in [4.78, 5) is 24.1. The summed E-state index contributed by atoms with van der Waals surface area (Å²) in [6.07, 6.45) is 1.15. The maximum absolute atomic E-state index is 12.6. The van der Waals surface area contributed by atoms with Crippen LogP contribution in [0.25, 0.3) is 10.9 Å². The molecule has 0 fully saturated rings. The van der Waals surface area contributed by atoms with Gasteiger partial charge in [0.1, 0.15) is 5.56 Å². The van der Waals surface area contributed by atoms with E-state index >= 15 is 0 Å². The normalized spacial score (nSPS) is 12.1. The van der Waals surface area contributed by atoms with E-state index < -0.39 is 11.4 Å². The van der Waals surface area contributed by atoms with E-state index in [1.54, 1.807) is 23.8 Å². The average Bonchev–Trinajstić information content (AvgIpc) is 2.70. The second-order valence-electron chi connectivity index (χ2n) is 6.33. The van der Waals surface area contributed by atoms with E-state index in [0.717, 1.165) is 5.56 Å². The minimum atomic E-state index is -1.25. The van der Waals surface area contributed by atoms with Crippen molar-refractivity contribution in [3.8, 4) is 0 Å². The van der Waals surface area contributed by atoms with Gasteiger partial charge in [0.25, 0.3) is 0 Å². The molecule has 0 amide bonds. The van der Waals surface area contributed by atoms with Crippen LogP contribution in [0.3, 0.4) is 0 Å². The van der Waals surface area contributed by atoms with Crippen LogP contribution in [0, 0.1) is 0 Å². The summed E-state index contributed by atoms with van der Waals surface area (Å²) in [6.45, 7) is 2.82. The van der Waals surface area contributed by atoms with Crippen molar-refractivity contribution in [2.75, 3.05) is 19.0 Å². The Kier molecular flexibility index (Phi) is 6.02. The molecule has 0 saturated carbocycles.